The minimum absolute atomic E-state index is 0.640. The number of hydrogen-bond donors (Lipinski definition) is 0. The Morgan fingerprint density at radius 1 is 0.290 bits per heavy atom. The van der Waals surface area contributed by atoms with E-state index in [2.05, 4.69) is 211 Å². The maximum absolute atomic E-state index is 5.27. The second-order valence-corrected chi connectivity index (χ2v) is 16.3. The van der Waals surface area contributed by atoms with Gasteiger partial charge in [0.05, 0.1) is 0 Å². The Kier molecular flexibility index (Phi) is 9.69. The van der Waals surface area contributed by atoms with Crippen molar-refractivity contribution < 1.29 is 0 Å². The number of hydrogen-bond acceptors (Lipinski definition) is 5. The summed E-state index contributed by atoms with van der Waals surface area (Å²) < 4.78 is 2.37. The van der Waals surface area contributed by atoms with Gasteiger partial charge >= 0.3 is 0 Å². The van der Waals surface area contributed by atoms with Gasteiger partial charge in [-0.15, -0.1) is 11.3 Å². The van der Waals surface area contributed by atoms with Crippen LogP contribution in [0.1, 0.15) is 0 Å². The molecule has 0 radical (unpaired) electrons. The lowest BCUT2D eigenvalue weighted by Gasteiger charge is -2.25. The molecule has 0 aliphatic rings. The van der Waals surface area contributed by atoms with Gasteiger partial charge in [0.1, 0.15) is 0 Å². The summed E-state index contributed by atoms with van der Waals surface area (Å²) in [6, 6.07) is 81.1. The summed E-state index contributed by atoms with van der Waals surface area (Å²) in [5.41, 5.74) is 13.1. The summed E-state index contributed by atoms with van der Waals surface area (Å²) in [7, 11) is 0. The van der Waals surface area contributed by atoms with Crippen molar-refractivity contribution in [2.45, 2.75) is 0 Å². The molecule has 0 saturated carbocycles. The highest BCUT2D eigenvalue weighted by atomic mass is 32.1. The van der Waals surface area contributed by atoms with Crippen molar-refractivity contribution in [3.8, 4) is 67.5 Å². The minimum atomic E-state index is 0.640. The van der Waals surface area contributed by atoms with Gasteiger partial charge in [0.2, 0.25) is 0 Å². The minimum Gasteiger partial charge on any atom is -0.310 e. The molecule has 4 nitrogen and oxygen atoms in total. The summed E-state index contributed by atoms with van der Waals surface area (Å²) in [4.78, 5) is 17.9. The summed E-state index contributed by atoms with van der Waals surface area (Å²) >= 11 is 1.79. The first-order valence-corrected chi connectivity index (χ1v) is 21.6. The SMILES string of the molecule is c1ccc(-c2ccc(-c3ccc(N(c4ccccc4)c4ccc5c(c4)sc4cccc(-c6nc(-c7ccccc7)nc(-c7ccccc7-c7ccccc7)n6)c45)cc3)cc2)cc1. The molecule has 0 unspecified atom stereocenters. The third kappa shape index (κ3) is 7.11. The Labute approximate surface area is 364 Å². The highest BCUT2D eigenvalue weighted by Gasteiger charge is 2.20. The smallest absolute Gasteiger partial charge is 0.164 e. The number of nitrogens with zero attached hydrogens (tertiary/aromatic N) is 4. The fourth-order valence-corrected chi connectivity index (χ4v) is 9.50. The Morgan fingerprint density at radius 3 is 1.39 bits per heavy atom. The summed E-state index contributed by atoms with van der Waals surface area (Å²) in [6.07, 6.45) is 0. The predicted molar refractivity (Wildman–Crippen MR) is 260 cm³/mol. The molecule has 0 fully saturated rings. The summed E-state index contributed by atoms with van der Waals surface area (Å²) in [6.45, 7) is 0. The van der Waals surface area contributed by atoms with Crippen molar-refractivity contribution in [1.29, 1.82) is 0 Å². The van der Waals surface area contributed by atoms with E-state index < -0.39 is 0 Å². The molecule has 292 valence electrons. The predicted octanol–water partition coefficient (Wildman–Crippen LogP) is 15.7. The summed E-state index contributed by atoms with van der Waals surface area (Å²) in [5.74, 6) is 1.92. The number of aromatic nitrogens is 3. The number of thiophene rings is 1. The van der Waals surface area contributed by atoms with Crippen molar-refractivity contribution in [3.05, 3.63) is 231 Å². The molecule has 0 spiro atoms. The van der Waals surface area contributed by atoms with Crippen LogP contribution in [-0.2, 0) is 0 Å². The topological polar surface area (TPSA) is 41.9 Å². The molecule has 0 aliphatic carbocycles. The molecule has 0 atom stereocenters. The highest BCUT2D eigenvalue weighted by Crippen LogP contribution is 2.44. The molecule has 2 aromatic heterocycles. The third-order valence-corrected chi connectivity index (χ3v) is 12.5. The molecule has 5 heteroatoms. The third-order valence-electron chi connectivity index (χ3n) is 11.4. The number of fused-ring (bicyclic) bond motifs is 3. The van der Waals surface area contributed by atoms with Gasteiger partial charge in [-0.2, -0.15) is 0 Å². The molecule has 0 aliphatic heterocycles. The quantitative estimate of drug-likeness (QED) is 0.146. The van der Waals surface area contributed by atoms with Crippen LogP contribution in [0.2, 0.25) is 0 Å². The van der Waals surface area contributed by atoms with Gasteiger partial charge in [0, 0.05) is 53.9 Å². The second-order valence-electron chi connectivity index (χ2n) is 15.2. The Balaban J connectivity index is 1.00. The van der Waals surface area contributed by atoms with Crippen LogP contribution < -0.4 is 4.90 Å². The zero-order valence-corrected chi connectivity index (χ0v) is 34.5. The van der Waals surface area contributed by atoms with Crippen LogP contribution in [0, 0.1) is 0 Å². The van der Waals surface area contributed by atoms with Crippen molar-refractivity contribution in [2.24, 2.45) is 0 Å². The van der Waals surface area contributed by atoms with Crippen LogP contribution in [-0.4, -0.2) is 15.0 Å². The largest absolute Gasteiger partial charge is 0.310 e. The molecule has 62 heavy (non-hydrogen) atoms. The van der Waals surface area contributed by atoms with E-state index in [-0.39, 0.29) is 0 Å². The summed E-state index contributed by atoms with van der Waals surface area (Å²) in [5, 5.41) is 2.31. The average Bonchev–Trinajstić information content (AvgIpc) is 3.74. The van der Waals surface area contributed by atoms with E-state index in [4.69, 9.17) is 15.0 Å². The number of benzene rings is 9. The standard InChI is InChI=1S/C57H38N4S/c1-5-16-39(17-6-1)40-28-30-41(31-29-40)42-32-34-46(35-33-42)61(45-22-11-4-12-23-45)47-36-37-50-53(38-47)62-52-27-15-26-51(54(50)52)57-59-55(44-20-9-3-10-21-44)58-56(60-57)49-25-14-13-24-48(49)43-18-7-2-8-19-43/h1-38H. The number of rotatable bonds is 9. The zero-order valence-electron chi connectivity index (χ0n) is 33.6. The van der Waals surface area contributed by atoms with Crippen molar-refractivity contribution in [1.82, 2.24) is 15.0 Å². The second kappa shape index (κ2) is 16.2. The first-order valence-electron chi connectivity index (χ1n) is 20.8. The van der Waals surface area contributed by atoms with E-state index in [1.54, 1.807) is 11.3 Å². The van der Waals surface area contributed by atoms with Crippen LogP contribution in [0.15, 0.2) is 231 Å². The van der Waals surface area contributed by atoms with E-state index in [1.165, 1.54) is 37.0 Å². The molecule has 0 N–H and O–H groups in total. The van der Waals surface area contributed by atoms with Gasteiger partial charge in [-0.25, -0.2) is 15.0 Å². The maximum Gasteiger partial charge on any atom is 0.164 e. The van der Waals surface area contributed by atoms with Gasteiger partial charge in [-0.3, -0.25) is 0 Å². The zero-order chi connectivity index (χ0) is 41.2. The lowest BCUT2D eigenvalue weighted by molar-refractivity contribution is 1.08. The van der Waals surface area contributed by atoms with Gasteiger partial charge in [0.25, 0.3) is 0 Å². The highest BCUT2D eigenvalue weighted by molar-refractivity contribution is 7.26. The van der Waals surface area contributed by atoms with E-state index in [1.807, 2.05) is 24.3 Å². The van der Waals surface area contributed by atoms with Crippen LogP contribution in [0.3, 0.4) is 0 Å². The molecule has 0 saturated heterocycles. The van der Waals surface area contributed by atoms with Gasteiger partial charge in [-0.05, 0) is 75.8 Å². The Hall–Kier alpha value is -7.99. The molecule has 0 amide bonds. The molecule has 2 heterocycles. The Morgan fingerprint density at radius 2 is 0.742 bits per heavy atom. The van der Waals surface area contributed by atoms with Crippen LogP contribution in [0.4, 0.5) is 17.1 Å². The number of anilines is 3. The van der Waals surface area contributed by atoms with Crippen LogP contribution in [0.25, 0.3) is 87.7 Å². The monoisotopic (exact) mass is 810 g/mol. The number of para-hydroxylation sites is 1. The van der Waals surface area contributed by atoms with E-state index in [9.17, 15) is 0 Å². The van der Waals surface area contributed by atoms with Crippen molar-refractivity contribution >= 4 is 48.6 Å². The molecule has 11 rings (SSSR count). The van der Waals surface area contributed by atoms with Gasteiger partial charge in [0.15, 0.2) is 17.5 Å². The molecular weight excluding hydrogens is 773 g/mol. The maximum atomic E-state index is 5.27. The van der Waals surface area contributed by atoms with E-state index in [0.717, 1.165) is 50.3 Å². The molecular formula is C57H38N4S. The molecule has 9 aromatic carbocycles. The molecule has 0 bridgehead atoms. The lowest BCUT2D eigenvalue weighted by atomic mass is 9.99. The fraction of sp³-hybridized carbons (Fsp3) is 0. The van der Waals surface area contributed by atoms with Crippen LogP contribution in [0.5, 0.6) is 0 Å². The van der Waals surface area contributed by atoms with Gasteiger partial charge < -0.3 is 4.90 Å². The van der Waals surface area contributed by atoms with Gasteiger partial charge in [-0.1, -0.05) is 188 Å². The van der Waals surface area contributed by atoms with Crippen LogP contribution >= 0.6 is 11.3 Å². The normalized spacial score (nSPS) is 11.2. The lowest BCUT2D eigenvalue weighted by Crippen LogP contribution is -2.09. The van der Waals surface area contributed by atoms with E-state index in [0.29, 0.717) is 17.5 Å². The Bertz CT molecular complexity index is 3310. The first-order chi connectivity index (χ1) is 30.7. The van der Waals surface area contributed by atoms with Crippen molar-refractivity contribution in [2.75, 3.05) is 4.90 Å². The first kappa shape index (κ1) is 37.0. The molecule has 11 aromatic rings. The fourth-order valence-electron chi connectivity index (χ4n) is 8.33. The van der Waals surface area contributed by atoms with Crippen molar-refractivity contribution in [3.63, 3.8) is 0 Å². The average molecular weight is 811 g/mol. The van der Waals surface area contributed by atoms with E-state index >= 15 is 0 Å².